The third kappa shape index (κ3) is 10.3. The summed E-state index contributed by atoms with van der Waals surface area (Å²) in [6.45, 7) is 16.4. The molecule has 2 amide bonds. The Morgan fingerprint density at radius 3 is 1.43 bits per heavy atom. The number of imide groups is 1. The van der Waals surface area contributed by atoms with Crippen LogP contribution in [0.4, 0.5) is 9.59 Å². The molecule has 28 heavy (non-hydrogen) atoms. The van der Waals surface area contributed by atoms with Crippen molar-refractivity contribution in [2.75, 3.05) is 0 Å². The van der Waals surface area contributed by atoms with Crippen LogP contribution in [-0.4, -0.2) is 52.2 Å². The summed E-state index contributed by atoms with van der Waals surface area (Å²) in [5.74, 6) is -1.43. The summed E-state index contributed by atoms with van der Waals surface area (Å²) in [5, 5.41) is 0. The maximum absolute atomic E-state index is 12.8. The largest absolute Gasteiger partial charge is 0.458 e. The van der Waals surface area contributed by atoms with Gasteiger partial charge in [-0.05, 0) is 68.7 Å². The van der Waals surface area contributed by atoms with Gasteiger partial charge in [-0.3, -0.25) is 0 Å². The maximum atomic E-state index is 12.8. The molecule has 0 heterocycles. The van der Waals surface area contributed by atoms with Crippen LogP contribution in [0.15, 0.2) is 0 Å². The van der Waals surface area contributed by atoms with E-state index in [-0.39, 0.29) is 6.42 Å². The molecule has 0 saturated carbocycles. The minimum atomic E-state index is -1.37. The Morgan fingerprint density at radius 1 is 0.786 bits per heavy atom. The summed E-state index contributed by atoms with van der Waals surface area (Å²) < 4.78 is 16.0. The van der Waals surface area contributed by atoms with E-state index < -0.39 is 46.9 Å². The molecule has 0 aliphatic rings. The molecule has 0 aromatic carbocycles. The van der Waals surface area contributed by atoms with Crippen LogP contribution in [0, 0.1) is 5.92 Å². The third-order valence-electron chi connectivity index (χ3n) is 3.00. The molecule has 0 fully saturated rings. The highest BCUT2D eigenvalue weighted by Crippen LogP contribution is 2.22. The number of nitrogens with zero attached hydrogens (tertiary/aromatic N) is 1. The zero-order valence-electron chi connectivity index (χ0n) is 18.7. The molecule has 0 spiro atoms. The first kappa shape index (κ1) is 25.9. The molecule has 0 N–H and O–H groups in total. The van der Waals surface area contributed by atoms with Gasteiger partial charge in [0.2, 0.25) is 0 Å². The maximum Gasteiger partial charge on any atom is 0.420 e. The first-order valence-corrected chi connectivity index (χ1v) is 9.29. The van der Waals surface area contributed by atoms with E-state index in [1.54, 1.807) is 69.2 Å². The van der Waals surface area contributed by atoms with E-state index in [1.165, 1.54) is 0 Å². The average Bonchev–Trinajstić information content (AvgIpc) is 2.40. The lowest BCUT2D eigenvalue weighted by Crippen LogP contribution is -2.53. The highest BCUT2D eigenvalue weighted by molar-refractivity contribution is 5.94. The Morgan fingerprint density at radius 2 is 1.14 bits per heavy atom. The van der Waals surface area contributed by atoms with Crippen LogP contribution in [-0.2, 0) is 23.8 Å². The van der Waals surface area contributed by atoms with Crippen molar-refractivity contribution in [1.29, 1.82) is 0 Å². The highest BCUT2D eigenvalue weighted by Gasteiger charge is 2.42. The summed E-state index contributed by atoms with van der Waals surface area (Å²) in [6.07, 6.45) is -1.57. The second-order valence-corrected chi connectivity index (χ2v) is 9.73. The van der Waals surface area contributed by atoms with Crippen molar-refractivity contribution in [3.05, 3.63) is 0 Å². The fourth-order valence-corrected chi connectivity index (χ4v) is 2.04. The number of carbonyl (C=O) groups is 4. The zero-order valence-corrected chi connectivity index (χ0v) is 18.7. The van der Waals surface area contributed by atoms with E-state index in [0.717, 1.165) is 0 Å². The minimum Gasteiger partial charge on any atom is -0.458 e. The van der Waals surface area contributed by atoms with E-state index in [0.29, 0.717) is 11.2 Å². The second-order valence-electron chi connectivity index (χ2n) is 9.73. The van der Waals surface area contributed by atoms with E-state index in [1.807, 2.05) is 0 Å². The number of carbonyl (C=O) groups excluding carboxylic acids is 4. The van der Waals surface area contributed by atoms with Crippen molar-refractivity contribution >= 4 is 24.4 Å². The molecule has 0 aromatic heterocycles. The predicted molar refractivity (Wildman–Crippen MR) is 104 cm³/mol. The van der Waals surface area contributed by atoms with Crippen LogP contribution in [0.3, 0.4) is 0 Å². The summed E-state index contributed by atoms with van der Waals surface area (Å²) in [7, 11) is 0. The molecule has 162 valence electrons. The molecule has 8 heteroatoms. The molecule has 0 bridgehead atoms. The van der Waals surface area contributed by atoms with Gasteiger partial charge in [-0.1, -0.05) is 6.92 Å². The number of hydrogen-bond donors (Lipinski definition) is 0. The standard InChI is InChI=1S/C20H35NO7/c1-13(12-22)11-14(15(23)26-18(2,3)4)21(16(24)27-19(5,6)7)17(25)28-20(8,9)10/h12-14H,11H2,1-10H3/t13-,14+/m1/s1. The Hall–Kier alpha value is -2.12. The fourth-order valence-electron chi connectivity index (χ4n) is 2.04. The summed E-state index contributed by atoms with van der Waals surface area (Å²) in [5.41, 5.74) is -2.68. The first-order chi connectivity index (χ1) is 12.4. The Balaban J connectivity index is 6.10. The highest BCUT2D eigenvalue weighted by atomic mass is 16.6. The van der Waals surface area contributed by atoms with Gasteiger partial charge in [0.15, 0.2) is 0 Å². The van der Waals surface area contributed by atoms with Crippen LogP contribution in [0.1, 0.15) is 75.7 Å². The number of aldehydes is 1. The molecular weight excluding hydrogens is 366 g/mol. The predicted octanol–water partition coefficient (Wildman–Crippen LogP) is 4.09. The molecule has 8 nitrogen and oxygen atoms in total. The lowest BCUT2D eigenvalue weighted by atomic mass is 10.0. The second kappa shape index (κ2) is 9.39. The molecular formula is C20H35NO7. The van der Waals surface area contributed by atoms with E-state index >= 15 is 0 Å². The van der Waals surface area contributed by atoms with E-state index in [4.69, 9.17) is 14.2 Å². The Kier molecular flexibility index (Phi) is 8.68. The molecule has 0 aliphatic heterocycles. The third-order valence-corrected chi connectivity index (χ3v) is 3.00. The summed E-state index contributed by atoms with van der Waals surface area (Å²) in [4.78, 5) is 50.1. The fraction of sp³-hybridized carbons (Fsp3) is 0.800. The Labute approximate surface area is 167 Å². The van der Waals surface area contributed by atoms with Gasteiger partial charge in [0, 0.05) is 5.92 Å². The normalized spacial score (nSPS) is 14.5. The molecule has 0 aromatic rings. The lowest BCUT2D eigenvalue weighted by Gasteiger charge is -2.34. The average molecular weight is 402 g/mol. The lowest BCUT2D eigenvalue weighted by molar-refractivity contribution is -0.161. The monoisotopic (exact) mass is 401 g/mol. The van der Waals surface area contributed by atoms with Crippen molar-refractivity contribution in [2.45, 2.75) is 98.5 Å². The quantitative estimate of drug-likeness (QED) is 0.388. The van der Waals surface area contributed by atoms with Gasteiger partial charge in [-0.25, -0.2) is 14.4 Å². The first-order valence-electron chi connectivity index (χ1n) is 9.29. The number of rotatable bonds is 5. The van der Waals surface area contributed by atoms with E-state index in [2.05, 4.69) is 0 Å². The Bertz CT molecular complexity index is 551. The number of esters is 1. The van der Waals surface area contributed by atoms with E-state index in [9.17, 15) is 19.2 Å². The van der Waals surface area contributed by atoms with Gasteiger partial charge in [0.25, 0.3) is 0 Å². The van der Waals surface area contributed by atoms with Gasteiger partial charge in [0.1, 0.15) is 29.1 Å². The SMILES string of the molecule is C[C@@H](C=O)C[C@@H](C(=O)OC(C)(C)C)N(C(=O)OC(C)(C)C)C(=O)OC(C)(C)C. The summed E-state index contributed by atoms with van der Waals surface area (Å²) >= 11 is 0. The van der Waals surface area contributed by atoms with Crippen LogP contribution in [0.2, 0.25) is 0 Å². The number of amides is 2. The molecule has 0 rings (SSSR count). The zero-order chi connectivity index (χ0) is 22.5. The van der Waals surface area contributed by atoms with Crippen molar-refractivity contribution in [1.82, 2.24) is 4.90 Å². The van der Waals surface area contributed by atoms with Gasteiger partial charge >= 0.3 is 18.2 Å². The van der Waals surface area contributed by atoms with Crippen LogP contribution in [0.25, 0.3) is 0 Å². The van der Waals surface area contributed by atoms with Gasteiger partial charge in [-0.2, -0.15) is 4.90 Å². The number of hydrogen-bond acceptors (Lipinski definition) is 7. The molecule has 0 saturated heterocycles. The van der Waals surface area contributed by atoms with Crippen molar-refractivity contribution in [3.63, 3.8) is 0 Å². The van der Waals surface area contributed by atoms with Crippen molar-refractivity contribution < 1.29 is 33.4 Å². The van der Waals surface area contributed by atoms with Crippen LogP contribution in [0.5, 0.6) is 0 Å². The number of ether oxygens (including phenoxy) is 3. The molecule has 2 atom stereocenters. The van der Waals surface area contributed by atoms with Crippen molar-refractivity contribution in [2.24, 2.45) is 5.92 Å². The molecule has 0 aliphatic carbocycles. The smallest absolute Gasteiger partial charge is 0.420 e. The van der Waals surface area contributed by atoms with Crippen LogP contribution >= 0.6 is 0 Å². The van der Waals surface area contributed by atoms with Gasteiger partial charge in [-0.15, -0.1) is 0 Å². The summed E-state index contributed by atoms with van der Waals surface area (Å²) in [6, 6.07) is -1.37. The minimum absolute atomic E-state index is 0.114. The van der Waals surface area contributed by atoms with Gasteiger partial charge < -0.3 is 19.0 Å². The molecule has 0 radical (unpaired) electrons. The molecule has 0 unspecified atom stereocenters. The van der Waals surface area contributed by atoms with Crippen molar-refractivity contribution in [3.8, 4) is 0 Å². The van der Waals surface area contributed by atoms with Gasteiger partial charge in [0.05, 0.1) is 0 Å². The topological polar surface area (TPSA) is 99.2 Å². The van der Waals surface area contributed by atoms with Crippen LogP contribution < -0.4 is 0 Å².